The molecule has 37 heavy (non-hydrogen) atoms. The molecule has 0 aliphatic carbocycles. The molecule has 1 aliphatic heterocycles. The van der Waals surface area contributed by atoms with Crippen molar-refractivity contribution in [3.8, 4) is 17.2 Å². The van der Waals surface area contributed by atoms with Crippen molar-refractivity contribution in [3.63, 3.8) is 0 Å². The average molecular weight is 525 g/mol. The minimum Gasteiger partial charge on any atom is -0.473 e. The van der Waals surface area contributed by atoms with Gasteiger partial charge in [-0.3, -0.25) is 9.59 Å². The number of ether oxygens (including phenoxy) is 3. The molecule has 1 aromatic heterocycles. The van der Waals surface area contributed by atoms with Crippen LogP contribution >= 0.6 is 0 Å². The number of carbonyl (C=O) groups excluding carboxylic acids is 2. The van der Waals surface area contributed by atoms with Gasteiger partial charge in [0.05, 0.1) is 4.90 Å². The third-order valence-corrected chi connectivity index (χ3v) is 7.22. The molecule has 4 rings (SSSR count). The van der Waals surface area contributed by atoms with E-state index in [2.05, 4.69) is 9.71 Å². The maximum Gasteiger partial charge on any atom is 0.279 e. The molecule has 9 nitrogen and oxygen atoms in total. The van der Waals surface area contributed by atoms with Crippen LogP contribution in [0.4, 0.5) is 0 Å². The van der Waals surface area contributed by atoms with Crippen molar-refractivity contribution in [2.75, 3.05) is 6.79 Å². The summed E-state index contributed by atoms with van der Waals surface area (Å²) in [6, 6.07) is 14.2. The number of ketones is 1. The lowest BCUT2D eigenvalue weighted by molar-refractivity contribution is -0.126. The summed E-state index contributed by atoms with van der Waals surface area (Å²) in [6.07, 6.45) is -1.26. The van der Waals surface area contributed by atoms with E-state index in [1.807, 2.05) is 13.8 Å². The highest BCUT2D eigenvalue weighted by molar-refractivity contribution is 7.90. The van der Waals surface area contributed by atoms with Crippen LogP contribution in [0.3, 0.4) is 0 Å². The molecule has 1 aliphatic rings. The van der Waals surface area contributed by atoms with E-state index in [1.54, 1.807) is 50.2 Å². The van der Waals surface area contributed by atoms with Crippen molar-refractivity contribution in [3.05, 3.63) is 77.1 Å². The summed E-state index contributed by atoms with van der Waals surface area (Å²) < 4.78 is 45.0. The Morgan fingerprint density at radius 1 is 1.00 bits per heavy atom. The number of fused-ring (bicyclic) bond motifs is 1. The highest BCUT2D eigenvalue weighted by atomic mass is 32.2. The van der Waals surface area contributed by atoms with Crippen LogP contribution < -0.4 is 18.9 Å². The molecule has 1 unspecified atom stereocenters. The van der Waals surface area contributed by atoms with E-state index in [4.69, 9.17) is 14.2 Å². The molecule has 0 saturated carbocycles. The summed E-state index contributed by atoms with van der Waals surface area (Å²) in [6.45, 7) is 7.44. The normalized spacial score (nSPS) is 13.3. The molecule has 0 saturated heterocycles. The Kier molecular flexibility index (Phi) is 7.49. The molecule has 2 aromatic carbocycles. The van der Waals surface area contributed by atoms with Crippen molar-refractivity contribution in [2.24, 2.45) is 0 Å². The second kappa shape index (κ2) is 10.6. The van der Waals surface area contributed by atoms with E-state index < -0.39 is 22.0 Å². The molecule has 10 heteroatoms. The lowest BCUT2D eigenvalue weighted by atomic mass is 10.0. The minimum absolute atomic E-state index is 0.0221. The van der Waals surface area contributed by atoms with Gasteiger partial charge in [0, 0.05) is 17.7 Å². The zero-order valence-electron chi connectivity index (χ0n) is 21.0. The number of hydrogen-bond donors (Lipinski definition) is 1. The highest BCUT2D eigenvalue weighted by Gasteiger charge is 2.31. The van der Waals surface area contributed by atoms with Crippen molar-refractivity contribution in [1.29, 1.82) is 0 Å². The summed E-state index contributed by atoms with van der Waals surface area (Å²) >= 11 is 0. The largest absolute Gasteiger partial charge is 0.473 e. The first kappa shape index (κ1) is 26.2. The number of carbonyl (C=O) groups is 2. The summed E-state index contributed by atoms with van der Waals surface area (Å²) in [4.78, 5) is 30.2. The number of sulfonamides is 1. The lowest BCUT2D eigenvalue weighted by Gasteiger charge is -2.21. The maximum atomic E-state index is 13.4. The van der Waals surface area contributed by atoms with E-state index >= 15 is 0 Å². The molecule has 194 valence electrons. The standard InChI is InChI=1S/C27H28N2O7S/c1-5-21(30)25-23(12-6-17(4)28-25)36-26(19-9-13-22-24(14-19)35-15-34-22)27(31)29-37(32,33)20-10-7-18(8-11-20)16(2)3/h6-14,16,26H,5,15H2,1-4H3,(H,29,31). The van der Waals surface area contributed by atoms with Gasteiger partial charge in [-0.25, -0.2) is 18.1 Å². The van der Waals surface area contributed by atoms with E-state index in [9.17, 15) is 18.0 Å². The number of nitrogens with one attached hydrogen (secondary N) is 1. The van der Waals surface area contributed by atoms with E-state index in [-0.39, 0.29) is 41.3 Å². The van der Waals surface area contributed by atoms with Gasteiger partial charge in [0.1, 0.15) is 11.4 Å². The van der Waals surface area contributed by atoms with Crippen molar-refractivity contribution in [2.45, 2.75) is 51.0 Å². The third-order valence-electron chi connectivity index (χ3n) is 5.86. The quantitative estimate of drug-likeness (QED) is 0.407. The minimum atomic E-state index is -4.21. The second-order valence-corrected chi connectivity index (χ2v) is 10.6. The Labute approximate surface area is 215 Å². The van der Waals surface area contributed by atoms with Crippen LogP contribution in [0.15, 0.2) is 59.5 Å². The van der Waals surface area contributed by atoms with Gasteiger partial charge in [-0.15, -0.1) is 0 Å². The summed E-state index contributed by atoms with van der Waals surface area (Å²) in [7, 11) is -4.21. The fourth-order valence-electron chi connectivity index (χ4n) is 3.76. The fourth-order valence-corrected chi connectivity index (χ4v) is 4.74. The number of hydrogen-bond acceptors (Lipinski definition) is 8. The molecule has 0 fully saturated rings. The van der Waals surface area contributed by atoms with Crippen LogP contribution in [0.2, 0.25) is 0 Å². The first-order valence-corrected chi connectivity index (χ1v) is 13.3. The summed E-state index contributed by atoms with van der Waals surface area (Å²) in [5, 5.41) is 0. The number of nitrogens with zero attached hydrogens (tertiary/aromatic N) is 1. The Hall–Kier alpha value is -3.92. The molecule has 2 heterocycles. The molecule has 1 N–H and O–H groups in total. The number of aromatic nitrogens is 1. The number of benzene rings is 2. The first-order chi connectivity index (χ1) is 17.6. The van der Waals surface area contributed by atoms with Gasteiger partial charge in [-0.05, 0) is 54.8 Å². The van der Waals surface area contributed by atoms with Crippen molar-refractivity contribution >= 4 is 21.7 Å². The van der Waals surface area contributed by atoms with Gasteiger partial charge in [-0.1, -0.05) is 39.0 Å². The smallest absolute Gasteiger partial charge is 0.279 e. The molecule has 3 aromatic rings. The number of Topliss-reactive ketones (excluding diaryl/α,β-unsaturated/α-hetero) is 1. The summed E-state index contributed by atoms with van der Waals surface area (Å²) in [5.74, 6) is -0.0616. The number of amides is 1. The predicted octanol–water partition coefficient (Wildman–Crippen LogP) is 4.46. The zero-order valence-corrected chi connectivity index (χ0v) is 21.8. The number of aryl methyl sites for hydroxylation is 1. The number of rotatable bonds is 9. The van der Waals surface area contributed by atoms with Crippen LogP contribution in [-0.2, 0) is 14.8 Å². The molecule has 1 amide bonds. The van der Waals surface area contributed by atoms with Gasteiger partial charge in [0.2, 0.25) is 12.9 Å². The molecular weight excluding hydrogens is 496 g/mol. The fraction of sp³-hybridized carbons (Fsp3) is 0.296. The van der Waals surface area contributed by atoms with Crippen LogP contribution in [0.25, 0.3) is 0 Å². The molecule has 0 bridgehead atoms. The van der Waals surface area contributed by atoms with Gasteiger partial charge in [-0.2, -0.15) is 0 Å². The lowest BCUT2D eigenvalue weighted by Crippen LogP contribution is -2.37. The monoisotopic (exact) mass is 524 g/mol. The summed E-state index contributed by atoms with van der Waals surface area (Å²) in [5.41, 5.74) is 1.93. The van der Waals surface area contributed by atoms with Gasteiger partial charge in [0.25, 0.3) is 15.9 Å². The van der Waals surface area contributed by atoms with Crippen LogP contribution in [-0.4, -0.2) is 31.9 Å². The Morgan fingerprint density at radius 3 is 2.35 bits per heavy atom. The zero-order chi connectivity index (χ0) is 26.7. The topological polar surface area (TPSA) is 121 Å². The van der Waals surface area contributed by atoms with Crippen LogP contribution in [0.5, 0.6) is 17.2 Å². The van der Waals surface area contributed by atoms with Crippen LogP contribution in [0, 0.1) is 6.92 Å². The van der Waals surface area contributed by atoms with Crippen molar-refractivity contribution in [1.82, 2.24) is 9.71 Å². The predicted molar refractivity (Wildman–Crippen MR) is 135 cm³/mol. The third kappa shape index (κ3) is 5.75. The van der Waals surface area contributed by atoms with Gasteiger partial charge >= 0.3 is 0 Å². The second-order valence-electron chi connectivity index (χ2n) is 8.88. The molecule has 1 atom stereocenters. The first-order valence-electron chi connectivity index (χ1n) is 11.8. The Morgan fingerprint density at radius 2 is 1.68 bits per heavy atom. The maximum absolute atomic E-state index is 13.4. The van der Waals surface area contributed by atoms with Gasteiger partial charge in [0.15, 0.2) is 17.3 Å². The van der Waals surface area contributed by atoms with E-state index in [0.717, 1.165) is 5.56 Å². The Balaban J connectivity index is 1.70. The Bertz CT molecular complexity index is 1430. The molecule has 0 spiro atoms. The van der Waals surface area contributed by atoms with E-state index in [1.165, 1.54) is 18.2 Å². The average Bonchev–Trinajstić information content (AvgIpc) is 3.35. The van der Waals surface area contributed by atoms with E-state index in [0.29, 0.717) is 22.8 Å². The highest BCUT2D eigenvalue weighted by Crippen LogP contribution is 2.36. The van der Waals surface area contributed by atoms with Crippen LogP contribution in [0.1, 0.15) is 66.5 Å². The van der Waals surface area contributed by atoms with Gasteiger partial charge < -0.3 is 14.2 Å². The van der Waals surface area contributed by atoms with Crippen molar-refractivity contribution < 1.29 is 32.2 Å². The number of pyridine rings is 1. The molecule has 0 radical (unpaired) electrons. The molecular formula is C27H28N2O7S. The SMILES string of the molecule is CCC(=O)c1nc(C)ccc1OC(C(=O)NS(=O)(=O)c1ccc(C(C)C)cc1)c1ccc2c(c1)OCO2.